The number of ether oxygens (including phenoxy) is 2. The predicted octanol–water partition coefficient (Wildman–Crippen LogP) is 5.96. The lowest BCUT2D eigenvalue weighted by atomic mass is 10.0. The van der Waals surface area contributed by atoms with Crippen LogP contribution in [0.2, 0.25) is 0 Å². The van der Waals surface area contributed by atoms with Crippen LogP contribution in [0.5, 0.6) is 0 Å². The zero-order chi connectivity index (χ0) is 19.3. The molecule has 0 atom stereocenters. The molecule has 4 nitrogen and oxygen atoms in total. The molecule has 0 amide bonds. The Kier molecular flexibility index (Phi) is 19.5. The third kappa shape index (κ3) is 19.3. The number of hydrogen-bond acceptors (Lipinski definition) is 4. The minimum Gasteiger partial charge on any atom is -0.463 e. The van der Waals surface area contributed by atoms with Crippen LogP contribution in [0.3, 0.4) is 0 Å². The maximum absolute atomic E-state index is 11.4. The van der Waals surface area contributed by atoms with Crippen molar-refractivity contribution in [3.63, 3.8) is 0 Å². The summed E-state index contributed by atoms with van der Waals surface area (Å²) in [5.41, 5.74) is 0. The van der Waals surface area contributed by atoms with Gasteiger partial charge in [-0.1, -0.05) is 84.0 Å². The molecule has 152 valence electrons. The van der Waals surface area contributed by atoms with E-state index in [1.165, 1.54) is 70.6 Å². The van der Waals surface area contributed by atoms with Gasteiger partial charge in [-0.15, -0.1) is 11.6 Å². The third-order valence-corrected chi connectivity index (χ3v) is 4.32. The minimum atomic E-state index is -0.580. The van der Waals surface area contributed by atoms with Gasteiger partial charge >= 0.3 is 11.9 Å². The summed E-state index contributed by atoms with van der Waals surface area (Å²) < 4.78 is 9.74. The van der Waals surface area contributed by atoms with Gasteiger partial charge in [0.2, 0.25) is 0 Å². The van der Waals surface area contributed by atoms with E-state index in [4.69, 9.17) is 21.1 Å². The molecule has 0 saturated heterocycles. The van der Waals surface area contributed by atoms with E-state index in [9.17, 15) is 9.59 Å². The van der Waals surface area contributed by atoms with Gasteiger partial charge in [0.05, 0.1) is 12.5 Å². The summed E-state index contributed by atoms with van der Waals surface area (Å²) in [4.78, 5) is 22.5. The van der Waals surface area contributed by atoms with Crippen molar-refractivity contribution in [2.45, 2.75) is 90.4 Å². The SMILES string of the molecule is CCCCCCCCCCCCCCCOC(=O)/C=C/C(=O)OCCCl. The predicted molar refractivity (Wildman–Crippen MR) is 107 cm³/mol. The number of esters is 2. The molecule has 0 N–H and O–H groups in total. The third-order valence-electron chi connectivity index (χ3n) is 4.17. The van der Waals surface area contributed by atoms with Crippen LogP contribution in [0.15, 0.2) is 12.2 Å². The van der Waals surface area contributed by atoms with Crippen molar-refractivity contribution in [2.24, 2.45) is 0 Å². The molecule has 0 fully saturated rings. The molecule has 0 radical (unpaired) electrons. The Morgan fingerprint density at radius 2 is 1.04 bits per heavy atom. The van der Waals surface area contributed by atoms with Gasteiger partial charge in [-0.3, -0.25) is 0 Å². The minimum absolute atomic E-state index is 0.138. The fraction of sp³-hybridized carbons (Fsp3) is 0.810. The van der Waals surface area contributed by atoms with Gasteiger partial charge in [0.25, 0.3) is 0 Å². The Bertz CT molecular complexity index is 369. The highest BCUT2D eigenvalue weighted by Crippen LogP contribution is 2.12. The first-order valence-corrected chi connectivity index (χ1v) is 10.8. The summed E-state index contributed by atoms with van der Waals surface area (Å²) in [6.07, 6.45) is 18.8. The van der Waals surface area contributed by atoms with E-state index in [0.29, 0.717) is 6.61 Å². The highest BCUT2D eigenvalue weighted by molar-refractivity contribution is 6.18. The summed E-state index contributed by atoms with van der Waals surface area (Å²) in [7, 11) is 0. The molecule has 0 heterocycles. The molecule has 0 unspecified atom stereocenters. The van der Waals surface area contributed by atoms with Crippen LogP contribution < -0.4 is 0 Å². The molecular weight excluding hydrogens is 352 g/mol. The zero-order valence-electron chi connectivity index (χ0n) is 16.5. The zero-order valence-corrected chi connectivity index (χ0v) is 17.2. The fourth-order valence-electron chi connectivity index (χ4n) is 2.66. The van der Waals surface area contributed by atoms with Crippen LogP contribution in [0.1, 0.15) is 90.4 Å². The highest BCUT2D eigenvalue weighted by Gasteiger charge is 2.01. The van der Waals surface area contributed by atoms with Crippen molar-refractivity contribution in [3.8, 4) is 0 Å². The average molecular weight is 389 g/mol. The van der Waals surface area contributed by atoms with E-state index in [-0.39, 0.29) is 12.5 Å². The highest BCUT2D eigenvalue weighted by atomic mass is 35.5. The van der Waals surface area contributed by atoms with Crippen LogP contribution >= 0.6 is 11.6 Å². The normalized spacial score (nSPS) is 11.0. The Labute approximate surface area is 164 Å². The number of carbonyl (C=O) groups excluding carboxylic acids is 2. The maximum atomic E-state index is 11.4. The number of carbonyl (C=O) groups is 2. The van der Waals surface area contributed by atoms with Crippen molar-refractivity contribution in [1.82, 2.24) is 0 Å². The van der Waals surface area contributed by atoms with E-state index in [1.807, 2.05) is 0 Å². The number of alkyl halides is 1. The van der Waals surface area contributed by atoms with Crippen LogP contribution in [0, 0.1) is 0 Å². The molecule has 0 aliphatic rings. The van der Waals surface area contributed by atoms with Crippen LogP contribution in [0.4, 0.5) is 0 Å². The molecule has 0 aromatic rings. The summed E-state index contributed by atoms with van der Waals surface area (Å²) >= 11 is 5.39. The molecule has 0 aliphatic carbocycles. The Morgan fingerprint density at radius 1 is 0.654 bits per heavy atom. The van der Waals surface area contributed by atoms with E-state index < -0.39 is 11.9 Å². The first-order valence-electron chi connectivity index (χ1n) is 10.3. The summed E-state index contributed by atoms with van der Waals surface area (Å²) in [5.74, 6) is -0.849. The molecule has 0 aromatic carbocycles. The van der Waals surface area contributed by atoms with E-state index in [0.717, 1.165) is 25.0 Å². The van der Waals surface area contributed by atoms with E-state index in [1.54, 1.807) is 0 Å². The van der Waals surface area contributed by atoms with E-state index in [2.05, 4.69) is 6.92 Å². The largest absolute Gasteiger partial charge is 0.463 e. The Morgan fingerprint density at radius 3 is 1.46 bits per heavy atom. The first-order chi connectivity index (χ1) is 12.7. The van der Waals surface area contributed by atoms with Gasteiger partial charge in [0, 0.05) is 12.2 Å². The van der Waals surface area contributed by atoms with E-state index >= 15 is 0 Å². The van der Waals surface area contributed by atoms with Gasteiger partial charge < -0.3 is 9.47 Å². The smallest absolute Gasteiger partial charge is 0.331 e. The van der Waals surface area contributed by atoms with Gasteiger partial charge in [0.15, 0.2) is 0 Å². The van der Waals surface area contributed by atoms with Gasteiger partial charge in [-0.05, 0) is 6.42 Å². The summed E-state index contributed by atoms with van der Waals surface area (Å²) in [6.45, 7) is 2.79. The lowest BCUT2D eigenvalue weighted by Crippen LogP contribution is -2.06. The lowest BCUT2D eigenvalue weighted by Gasteiger charge is -2.04. The molecular formula is C21H37ClO4. The van der Waals surface area contributed by atoms with Crippen molar-refractivity contribution in [2.75, 3.05) is 19.1 Å². The molecule has 0 bridgehead atoms. The second-order valence-corrected chi connectivity index (χ2v) is 6.98. The second kappa shape index (κ2) is 20.3. The maximum Gasteiger partial charge on any atom is 0.331 e. The Hall–Kier alpha value is -1.03. The van der Waals surface area contributed by atoms with Crippen molar-refractivity contribution in [3.05, 3.63) is 12.2 Å². The van der Waals surface area contributed by atoms with Crippen molar-refractivity contribution in [1.29, 1.82) is 0 Å². The molecule has 0 spiro atoms. The molecule has 0 aliphatic heterocycles. The van der Waals surface area contributed by atoms with Gasteiger partial charge in [-0.2, -0.15) is 0 Å². The molecule has 0 rings (SSSR count). The lowest BCUT2D eigenvalue weighted by molar-refractivity contribution is -0.140. The van der Waals surface area contributed by atoms with Gasteiger partial charge in [0.1, 0.15) is 6.61 Å². The first kappa shape index (κ1) is 25.0. The summed E-state index contributed by atoms with van der Waals surface area (Å²) in [5, 5.41) is 0. The van der Waals surface area contributed by atoms with Crippen LogP contribution in [-0.2, 0) is 19.1 Å². The number of rotatable bonds is 18. The Balaban J connectivity index is 3.29. The number of halogens is 1. The molecule has 26 heavy (non-hydrogen) atoms. The molecule has 0 saturated carbocycles. The standard InChI is InChI=1S/C21H37ClO4/c1-2-3-4-5-6-7-8-9-10-11-12-13-14-18-25-20(23)15-16-21(24)26-19-17-22/h15-16H,2-14,17-19H2,1H3/b16-15+. The average Bonchev–Trinajstić information content (AvgIpc) is 2.64. The quantitative estimate of drug-likeness (QED) is 0.126. The van der Waals surface area contributed by atoms with Gasteiger partial charge in [-0.25, -0.2) is 9.59 Å². The fourth-order valence-corrected chi connectivity index (χ4v) is 2.74. The second-order valence-electron chi connectivity index (χ2n) is 6.60. The molecule has 0 aromatic heterocycles. The van der Waals surface area contributed by atoms with Crippen LogP contribution in [0.25, 0.3) is 0 Å². The monoisotopic (exact) mass is 388 g/mol. The number of unbranched alkanes of at least 4 members (excludes halogenated alkanes) is 12. The molecule has 5 heteroatoms. The topological polar surface area (TPSA) is 52.6 Å². The summed E-state index contributed by atoms with van der Waals surface area (Å²) in [6, 6.07) is 0. The number of hydrogen-bond donors (Lipinski definition) is 0. The van der Waals surface area contributed by atoms with Crippen LogP contribution in [-0.4, -0.2) is 31.0 Å². The van der Waals surface area contributed by atoms with Crippen molar-refractivity contribution >= 4 is 23.5 Å². The van der Waals surface area contributed by atoms with Crippen molar-refractivity contribution < 1.29 is 19.1 Å².